The summed E-state index contributed by atoms with van der Waals surface area (Å²) in [5, 5.41) is 11.2. The first-order valence-electron chi connectivity index (χ1n) is 15.1. The van der Waals surface area contributed by atoms with Gasteiger partial charge < -0.3 is 9.64 Å². The topological polar surface area (TPSA) is 103 Å². The molecule has 11 heteroatoms. The van der Waals surface area contributed by atoms with Crippen molar-refractivity contribution in [2.24, 2.45) is 0 Å². The van der Waals surface area contributed by atoms with Crippen LogP contribution in [0.4, 0.5) is 11.4 Å². The number of halogens is 1. The Kier molecular flexibility index (Phi) is 7.77. The highest BCUT2D eigenvalue weighted by Gasteiger charge is 2.53. The van der Waals surface area contributed by atoms with Crippen LogP contribution in [0.25, 0.3) is 10.9 Å². The van der Waals surface area contributed by atoms with Gasteiger partial charge in [0.05, 0.1) is 41.5 Å². The van der Waals surface area contributed by atoms with Crippen molar-refractivity contribution in [1.82, 2.24) is 14.9 Å². The number of sulfonamides is 1. The second kappa shape index (κ2) is 11.9. The maximum absolute atomic E-state index is 14.8. The number of fused-ring (bicyclic) bond motifs is 2. The SMILES string of the molecule is CCOc1ccccc1C1(N2CCN(c3ccnc(Cl)c3)CC2)CN(S(=O)(=O)c2cccc3cccnc23)c2ccc(C#N)cc21. The quantitative estimate of drug-likeness (QED) is 0.203. The zero-order valence-corrected chi connectivity index (χ0v) is 26.7. The fourth-order valence-electron chi connectivity index (χ4n) is 6.85. The zero-order chi connectivity index (χ0) is 31.9. The maximum atomic E-state index is 14.8. The third-order valence-electron chi connectivity index (χ3n) is 8.90. The summed E-state index contributed by atoms with van der Waals surface area (Å²) in [6.45, 7) is 5.04. The molecule has 1 atom stereocenters. The van der Waals surface area contributed by atoms with Crippen molar-refractivity contribution >= 4 is 43.9 Å². The normalized spacial score (nSPS) is 18.4. The predicted molar refractivity (Wildman–Crippen MR) is 179 cm³/mol. The molecule has 0 spiro atoms. The molecule has 3 aromatic carbocycles. The number of pyridine rings is 2. The van der Waals surface area contributed by atoms with Crippen molar-refractivity contribution in [3.05, 3.63) is 119 Å². The summed E-state index contributed by atoms with van der Waals surface area (Å²) in [7, 11) is -4.11. The van der Waals surface area contributed by atoms with Gasteiger partial charge in [0.2, 0.25) is 0 Å². The molecule has 0 saturated carbocycles. The lowest BCUT2D eigenvalue weighted by Gasteiger charge is -2.47. The van der Waals surface area contributed by atoms with Crippen LogP contribution in [0, 0.1) is 11.3 Å². The second-order valence-corrected chi connectivity index (χ2v) is 13.5. The summed E-state index contributed by atoms with van der Waals surface area (Å²) in [5.74, 6) is 0.674. The molecule has 0 radical (unpaired) electrons. The molecule has 9 nitrogen and oxygen atoms in total. The van der Waals surface area contributed by atoms with Gasteiger partial charge in [-0.3, -0.25) is 14.2 Å². The molecule has 1 fully saturated rings. The molecule has 2 aromatic heterocycles. The molecule has 0 N–H and O–H groups in total. The monoisotopic (exact) mass is 650 g/mol. The van der Waals surface area contributed by atoms with Gasteiger partial charge in [0.1, 0.15) is 15.8 Å². The van der Waals surface area contributed by atoms with Gasteiger partial charge in [0.25, 0.3) is 10.0 Å². The van der Waals surface area contributed by atoms with E-state index < -0.39 is 15.6 Å². The smallest absolute Gasteiger partial charge is 0.266 e. The molecule has 2 aliphatic rings. The number of nitriles is 1. The Labute approximate surface area is 273 Å². The van der Waals surface area contributed by atoms with Crippen molar-refractivity contribution in [2.45, 2.75) is 17.4 Å². The highest BCUT2D eigenvalue weighted by atomic mass is 35.5. The molecule has 46 heavy (non-hydrogen) atoms. The Bertz CT molecular complexity index is 2090. The molecule has 0 aliphatic carbocycles. The summed E-state index contributed by atoms with van der Waals surface area (Å²) in [4.78, 5) is 13.3. The molecule has 1 unspecified atom stereocenters. The third-order valence-corrected chi connectivity index (χ3v) is 10.9. The van der Waals surface area contributed by atoms with Gasteiger partial charge in [-0.15, -0.1) is 0 Å². The van der Waals surface area contributed by atoms with E-state index in [1.165, 1.54) is 4.31 Å². The Hall–Kier alpha value is -4.69. The highest BCUT2D eigenvalue weighted by molar-refractivity contribution is 7.93. The van der Waals surface area contributed by atoms with Crippen molar-refractivity contribution < 1.29 is 13.2 Å². The summed E-state index contributed by atoms with van der Waals surface area (Å²) in [6.07, 6.45) is 3.31. The predicted octanol–water partition coefficient (Wildman–Crippen LogP) is 5.83. The molecule has 232 valence electrons. The minimum Gasteiger partial charge on any atom is -0.494 e. The van der Waals surface area contributed by atoms with Gasteiger partial charge in [-0.05, 0) is 55.5 Å². The fraction of sp³-hybridized carbons (Fsp3) is 0.229. The van der Waals surface area contributed by atoms with Crippen LogP contribution in [0.3, 0.4) is 0 Å². The minimum absolute atomic E-state index is 0.0912. The zero-order valence-electron chi connectivity index (χ0n) is 25.2. The van der Waals surface area contributed by atoms with Crippen molar-refractivity contribution in [2.75, 3.05) is 48.5 Å². The van der Waals surface area contributed by atoms with Gasteiger partial charge in [-0.1, -0.05) is 48.0 Å². The van der Waals surface area contributed by atoms with E-state index in [0.717, 1.165) is 22.2 Å². The lowest BCUT2D eigenvalue weighted by molar-refractivity contribution is 0.124. The molecule has 4 heterocycles. The number of ether oxygens (including phenoxy) is 1. The second-order valence-electron chi connectivity index (χ2n) is 11.3. The van der Waals surface area contributed by atoms with Crippen LogP contribution in [-0.2, 0) is 15.6 Å². The first-order valence-corrected chi connectivity index (χ1v) is 16.9. The number of piperazine rings is 1. The summed E-state index contributed by atoms with van der Waals surface area (Å²) in [5.41, 5.74) is 3.01. The van der Waals surface area contributed by atoms with Gasteiger partial charge in [0.15, 0.2) is 0 Å². The number of rotatable bonds is 7. The lowest BCUT2D eigenvalue weighted by Crippen LogP contribution is -2.58. The molecular weight excluding hydrogens is 620 g/mol. The number of hydrogen-bond acceptors (Lipinski definition) is 8. The number of nitrogens with zero attached hydrogens (tertiary/aromatic N) is 6. The number of hydrogen-bond donors (Lipinski definition) is 0. The summed E-state index contributed by atoms with van der Waals surface area (Å²) < 4.78 is 37.3. The van der Waals surface area contributed by atoms with Crippen LogP contribution in [0.5, 0.6) is 5.75 Å². The lowest BCUT2D eigenvalue weighted by atomic mass is 9.81. The standard InChI is InChI=1S/C35H31ClN6O3S/c1-2-45-31-10-4-3-9-28(31)35(41-19-17-40(18-20-41)27-14-16-38-33(36)22-27)24-42(30-13-12-25(23-37)21-29(30)35)46(43,44)32-11-5-7-26-8-6-15-39-34(26)32/h3-16,21-22H,2,17-20,24H2,1H3. The Morgan fingerprint density at radius 3 is 2.50 bits per heavy atom. The van der Waals surface area contributed by atoms with Crippen LogP contribution in [0.2, 0.25) is 5.15 Å². The van der Waals surface area contributed by atoms with E-state index in [-0.39, 0.29) is 11.4 Å². The summed E-state index contributed by atoms with van der Waals surface area (Å²) >= 11 is 6.22. The van der Waals surface area contributed by atoms with Crippen molar-refractivity contribution in [1.29, 1.82) is 5.26 Å². The Balaban J connectivity index is 1.41. The van der Waals surface area contributed by atoms with Crippen molar-refractivity contribution in [3.8, 4) is 11.8 Å². The average molecular weight is 651 g/mol. The molecule has 0 bridgehead atoms. The largest absolute Gasteiger partial charge is 0.494 e. The Morgan fingerprint density at radius 1 is 0.913 bits per heavy atom. The van der Waals surface area contributed by atoms with Crippen molar-refractivity contribution in [3.63, 3.8) is 0 Å². The molecule has 7 rings (SSSR count). The number of para-hydroxylation sites is 2. The molecular formula is C35H31ClN6O3S. The van der Waals surface area contributed by atoms with E-state index in [0.29, 0.717) is 60.5 Å². The van der Waals surface area contributed by atoms with Gasteiger partial charge in [-0.2, -0.15) is 5.26 Å². The average Bonchev–Trinajstić information content (AvgIpc) is 3.44. The van der Waals surface area contributed by atoms with E-state index in [2.05, 4.69) is 25.8 Å². The molecule has 2 aliphatic heterocycles. The maximum Gasteiger partial charge on any atom is 0.266 e. The van der Waals surface area contributed by atoms with Crippen LogP contribution in [0.1, 0.15) is 23.6 Å². The van der Waals surface area contributed by atoms with E-state index in [1.54, 1.807) is 42.7 Å². The Morgan fingerprint density at radius 2 is 1.72 bits per heavy atom. The molecule has 1 saturated heterocycles. The minimum atomic E-state index is -4.11. The van der Waals surface area contributed by atoms with Gasteiger partial charge in [-0.25, -0.2) is 13.4 Å². The summed E-state index contributed by atoms with van der Waals surface area (Å²) in [6, 6.07) is 28.0. The van der Waals surface area contributed by atoms with E-state index in [9.17, 15) is 13.7 Å². The highest BCUT2D eigenvalue weighted by Crippen LogP contribution is 2.52. The molecule has 0 amide bonds. The third kappa shape index (κ3) is 4.92. The number of anilines is 2. The first-order chi connectivity index (χ1) is 22.4. The van der Waals surface area contributed by atoms with Crippen LogP contribution >= 0.6 is 11.6 Å². The number of benzene rings is 3. The van der Waals surface area contributed by atoms with Crippen LogP contribution < -0.4 is 13.9 Å². The number of aromatic nitrogens is 2. The van der Waals surface area contributed by atoms with Gasteiger partial charge in [0, 0.05) is 60.8 Å². The van der Waals surface area contributed by atoms with E-state index >= 15 is 0 Å². The van der Waals surface area contributed by atoms with E-state index in [4.69, 9.17) is 16.3 Å². The first kappa shape index (κ1) is 30.0. The fourth-order valence-corrected chi connectivity index (χ4v) is 8.69. The van der Waals surface area contributed by atoms with Crippen LogP contribution in [-0.4, -0.2) is 62.6 Å². The molecule has 5 aromatic rings. The van der Waals surface area contributed by atoms with Crippen LogP contribution in [0.15, 0.2) is 102 Å². The van der Waals surface area contributed by atoms with E-state index in [1.807, 2.05) is 61.5 Å². The van der Waals surface area contributed by atoms with Gasteiger partial charge >= 0.3 is 0 Å².